The topological polar surface area (TPSA) is 70.1 Å². The molecule has 1 heterocycles. The predicted octanol–water partition coefficient (Wildman–Crippen LogP) is 1.52. The molecule has 1 atom stereocenters. The second-order valence-corrected chi connectivity index (χ2v) is 5.46. The van der Waals surface area contributed by atoms with Crippen molar-refractivity contribution in [2.75, 3.05) is 13.2 Å². The summed E-state index contributed by atoms with van der Waals surface area (Å²) in [4.78, 5) is 12.3. The first-order chi connectivity index (χ1) is 8.93. The lowest BCUT2D eigenvalue weighted by atomic mass is 9.76. The van der Waals surface area contributed by atoms with Crippen LogP contribution in [0.5, 0.6) is 0 Å². The van der Waals surface area contributed by atoms with Crippen LogP contribution in [0.25, 0.3) is 0 Å². The summed E-state index contributed by atoms with van der Waals surface area (Å²) in [5.74, 6) is 0.161. The SMILES string of the molecule is CCOC(=O)C(CN)(Cc1ccn(C)n1)CC(C)C. The Hall–Kier alpha value is -1.36. The molecule has 0 aromatic carbocycles. The average molecular weight is 267 g/mol. The van der Waals surface area contributed by atoms with Crippen molar-refractivity contribution in [3.8, 4) is 0 Å². The molecule has 0 saturated carbocycles. The van der Waals surface area contributed by atoms with Crippen molar-refractivity contribution in [1.82, 2.24) is 9.78 Å². The van der Waals surface area contributed by atoms with Gasteiger partial charge in [-0.3, -0.25) is 9.48 Å². The van der Waals surface area contributed by atoms with Crippen LogP contribution >= 0.6 is 0 Å². The molecule has 0 amide bonds. The van der Waals surface area contributed by atoms with Gasteiger partial charge >= 0.3 is 5.97 Å². The number of carbonyl (C=O) groups excluding carboxylic acids is 1. The first-order valence-electron chi connectivity index (χ1n) is 6.79. The summed E-state index contributed by atoms with van der Waals surface area (Å²) in [5, 5.41) is 4.35. The second-order valence-electron chi connectivity index (χ2n) is 5.46. The minimum absolute atomic E-state index is 0.211. The van der Waals surface area contributed by atoms with E-state index < -0.39 is 5.41 Å². The van der Waals surface area contributed by atoms with E-state index >= 15 is 0 Å². The van der Waals surface area contributed by atoms with Crippen molar-refractivity contribution in [1.29, 1.82) is 0 Å². The number of nitrogens with two attached hydrogens (primary N) is 1. The number of aryl methyl sites for hydroxylation is 1. The van der Waals surface area contributed by atoms with E-state index in [1.807, 2.05) is 26.2 Å². The molecule has 0 radical (unpaired) electrons. The molecule has 0 saturated heterocycles. The molecule has 0 bridgehead atoms. The van der Waals surface area contributed by atoms with Crippen LogP contribution in [0.15, 0.2) is 12.3 Å². The van der Waals surface area contributed by atoms with Crippen molar-refractivity contribution in [2.45, 2.75) is 33.6 Å². The number of carbonyl (C=O) groups is 1. The third-order valence-corrected chi connectivity index (χ3v) is 3.19. The highest BCUT2D eigenvalue weighted by molar-refractivity contribution is 5.77. The number of esters is 1. The van der Waals surface area contributed by atoms with E-state index in [-0.39, 0.29) is 12.5 Å². The Morgan fingerprint density at radius 3 is 2.68 bits per heavy atom. The van der Waals surface area contributed by atoms with E-state index in [1.54, 1.807) is 4.68 Å². The third-order valence-electron chi connectivity index (χ3n) is 3.19. The number of rotatable bonds is 7. The van der Waals surface area contributed by atoms with Gasteiger partial charge in [-0.15, -0.1) is 0 Å². The lowest BCUT2D eigenvalue weighted by Gasteiger charge is -2.31. The molecule has 0 fully saturated rings. The Morgan fingerprint density at radius 1 is 1.58 bits per heavy atom. The molecule has 19 heavy (non-hydrogen) atoms. The van der Waals surface area contributed by atoms with E-state index in [2.05, 4.69) is 18.9 Å². The molecule has 5 heteroatoms. The smallest absolute Gasteiger partial charge is 0.313 e. The van der Waals surface area contributed by atoms with Crippen LogP contribution < -0.4 is 5.73 Å². The highest BCUT2D eigenvalue weighted by Crippen LogP contribution is 2.31. The van der Waals surface area contributed by atoms with Crippen LogP contribution in [0.1, 0.15) is 32.9 Å². The largest absolute Gasteiger partial charge is 0.466 e. The van der Waals surface area contributed by atoms with E-state index in [0.717, 1.165) is 5.69 Å². The molecular formula is C14H25N3O2. The number of ether oxygens (including phenoxy) is 1. The fourth-order valence-electron chi connectivity index (χ4n) is 2.44. The van der Waals surface area contributed by atoms with Crippen molar-refractivity contribution in [3.63, 3.8) is 0 Å². The molecule has 1 rings (SSSR count). The first kappa shape index (κ1) is 15.7. The average Bonchev–Trinajstić information content (AvgIpc) is 2.73. The van der Waals surface area contributed by atoms with Gasteiger partial charge < -0.3 is 10.5 Å². The lowest BCUT2D eigenvalue weighted by Crippen LogP contribution is -2.43. The number of nitrogens with zero attached hydrogens (tertiary/aromatic N) is 2. The minimum atomic E-state index is -0.668. The molecule has 1 aromatic rings. The Bertz CT molecular complexity index is 415. The van der Waals surface area contributed by atoms with Crippen LogP contribution in [-0.2, 0) is 23.0 Å². The highest BCUT2D eigenvalue weighted by atomic mass is 16.5. The lowest BCUT2D eigenvalue weighted by molar-refractivity contribution is -0.156. The van der Waals surface area contributed by atoms with E-state index in [0.29, 0.717) is 25.4 Å². The van der Waals surface area contributed by atoms with E-state index in [9.17, 15) is 4.79 Å². The fraction of sp³-hybridized carbons (Fsp3) is 0.714. The maximum Gasteiger partial charge on any atom is 0.313 e. The second kappa shape index (κ2) is 6.70. The molecule has 5 nitrogen and oxygen atoms in total. The number of hydrogen-bond acceptors (Lipinski definition) is 4. The zero-order chi connectivity index (χ0) is 14.5. The molecule has 2 N–H and O–H groups in total. The van der Waals surface area contributed by atoms with Crippen LogP contribution in [0, 0.1) is 11.3 Å². The highest BCUT2D eigenvalue weighted by Gasteiger charge is 2.40. The van der Waals surface area contributed by atoms with Crippen molar-refractivity contribution < 1.29 is 9.53 Å². The molecule has 1 unspecified atom stereocenters. The normalized spacial score (nSPS) is 14.4. The van der Waals surface area contributed by atoms with Crippen molar-refractivity contribution in [3.05, 3.63) is 18.0 Å². The van der Waals surface area contributed by atoms with Gasteiger partial charge in [0.1, 0.15) is 0 Å². The Morgan fingerprint density at radius 2 is 2.26 bits per heavy atom. The third kappa shape index (κ3) is 4.06. The summed E-state index contributed by atoms with van der Waals surface area (Å²) in [5.41, 5.74) is 6.11. The van der Waals surface area contributed by atoms with Crippen LogP contribution in [0.4, 0.5) is 0 Å². The van der Waals surface area contributed by atoms with Gasteiger partial charge in [-0.05, 0) is 25.3 Å². The zero-order valence-corrected chi connectivity index (χ0v) is 12.3. The summed E-state index contributed by atoms with van der Waals surface area (Å²) in [6.45, 7) is 6.64. The minimum Gasteiger partial charge on any atom is -0.466 e. The summed E-state index contributed by atoms with van der Waals surface area (Å²) in [7, 11) is 1.86. The van der Waals surface area contributed by atoms with Crippen molar-refractivity contribution >= 4 is 5.97 Å². The molecule has 0 aliphatic rings. The Kier molecular flexibility index (Phi) is 5.54. The molecule has 0 aliphatic heterocycles. The maximum atomic E-state index is 12.3. The van der Waals surface area contributed by atoms with Gasteiger partial charge in [0, 0.05) is 26.2 Å². The van der Waals surface area contributed by atoms with Gasteiger partial charge in [-0.25, -0.2) is 0 Å². The van der Waals surface area contributed by atoms with Gasteiger partial charge in [-0.1, -0.05) is 13.8 Å². The standard InChI is InChI=1S/C14H25N3O2/c1-5-19-13(18)14(10-15,8-11(2)3)9-12-6-7-17(4)16-12/h6-7,11H,5,8-10,15H2,1-4H3. The number of hydrogen-bond donors (Lipinski definition) is 1. The fourth-order valence-corrected chi connectivity index (χ4v) is 2.44. The molecule has 0 spiro atoms. The quantitative estimate of drug-likeness (QED) is 0.760. The molecule has 0 aliphatic carbocycles. The summed E-state index contributed by atoms with van der Waals surface area (Å²) in [6.07, 6.45) is 3.11. The van der Waals surface area contributed by atoms with Gasteiger partial charge in [0.15, 0.2) is 0 Å². The maximum absolute atomic E-state index is 12.3. The zero-order valence-electron chi connectivity index (χ0n) is 12.3. The van der Waals surface area contributed by atoms with Gasteiger partial charge in [0.2, 0.25) is 0 Å². The summed E-state index contributed by atoms with van der Waals surface area (Å²) >= 11 is 0. The van der Waals surface area contributed by atoms with Gasteiger partial charge in [0.05, 0.1) is 17.7 Å². The Labute approximate surface area is 115 Å². The predicted molar refractivity (Wildman–Crippen MR) is 74.5 cm³/mol. The van der Waals surface area contributed by atoms with Crippen molar-refractivity contribution in [2.24, 2.45) is 24.1 Å². The Balaban J connectivity index is 2.98. The van der Waals surface area contributed by atoms with Crippen LogP contribution in [0.2, 0.25) is 0 Å². The first-order valence-corrected chi connectivity index (χ1v) is 6.79. The van der Waals surface area contributed by atoms with Crippen LogP contribution in [0.3, 0.4) is 0 Å². The van der Waals surface area contributed by atoms with Gasteiger partial charge in [0.25, 0.3) is 0 Å². The van der Waals surface area contributed by atoms with E-state index in [1.165, 1.54) is 0 Å². The van der Waals surface area contributed by atoms with Crippen LogP contribution in [-0.4, -0.2) is 28.9 Å². The molecular weight excluding hydrogens is 242 g/mol. The van der Waals surface area contributed by atoms with E-state index in [4.69, 9.17) is 10.5 Å². The number of aromatic nitrogens is 2. The van der Waals surface area contributed by atoms with Gasteiger partial charge in [-0.2, -0.15) is 5.10 Å². The summed E-state index contributed by atoms with van der Waals surface area (Å²) < 4.78 is 6.96. The monoisotopic (exact) mass is 267 g/mol. The summed E-state index contributed by atoms with van der Waals surface area (Å²) in [6, 6.07) is 1.92. The molecule has 1 aromatic heterocycles. The molecule has 108 valence electrons.